The monoisotopic (exact) mass is 256 g/mol. The van der Waals surface area contributed by atoms with Gasteiger partial charge in [-0.25, -0.2) is 0 Å². The van der Waals surface area contributed by atoms with Crippen LogP contribution < -0.4 is 0 Å². The largest absolute Gasteiger partial charge is 0.392 e. The molecule has 0 aromatic carbocycles. The van der Waals surface area contributed by atoms with E-state index in [-0.39, 0.29) is 12.9 Å². The fourth-order valence-electron chi connectivity index (χ4n) is 2.07. The predicted octanol–water partition coefficient (Wildman–Crippen LogP) is 3.27. The summed E-state index contributed by atoms with van der Waals surface area (Å²) < 4.78 is 11.3. The Labute approximate surface area is 111 Å². The van der Waals surface area contributed by atoms with Crippen molar-refractivity contribution < 1.29 is 14.6 Å². The van der Waals surface area contributed by atoms with Crippen LogP contribution in [0.4, 0.5) is 0 Å². The summed E-state index contributed by atoms with van der Waals surface area (Å²) in [6.07, 6.45) is 8.92. The van der Waals surface area contributed by atoms with Crippen molar-refractivity contribution in [1.82, 2.24) is 0 Å². The molecule has 1 saturated heterocycles. The molecule has 1 aliphatic rings. The summed E-state index contributed by atoms with van der Waals surface area (Å²) in [5, 5.41) is 8.88. The number of ether oxygens (including phenoxy) is 2. The summed E-state index contributed by atoms with van der Waals surface area (Å²) in [6.45, 7) is 6.05. The van der Waals surface area contributed by atoms with Crippen molar-refractivity contribution in [3.8, 4) is 0 Å². The second-order valence-electron chi connectivity index (χ2n) is 5.35. The van der Waals surface area contributed by atoms with Gasteiger partial charge >= 0.3 is 0 Å². The number of hydrogen-bond donors (Lipinski definition) is 1. The molecular weight excluding hydrogens is 228 g/mol. The van der Waals surface area contributed by atoms with Crippen molar-refractivity contribution in [2.24, 2.45) is 5.92 Å². The number of rotatable bonds is 8. The maximum absolute atomic E-state index is 8.88. The van der Waals surface area contributed by atoms with Crippen molar-refractivity contribution in [3.05, 3.63) is 11.6 Å². The van der Waals surface area contributed by atoms with Gasteiger partial charge in [-0.05, 0) is 51.4 Å². The lowest BCUT2D eigenvalue weighted by molar-refractivity contribution is -0.163. The van der Waals surface area contributed by atoms with E-state index in [1.807, 2.05) is 6.92 Å². The number of hydrogen-bond acceptors (Lipinski definition) is 3. The Hall–Kier alpha value is -0.380. The Kier molecular flexibility index (Phi) is 8.31. The Bertz CT molecular complexity index is 232. The Morgan fingerprint density at radius 2 is 2.28 bits per heavy atom. The molecule has 2 unspecified atom stereocenters. The average molecular weight is 256 g/mol. The lowest BCUT2D eigenvalue weighted by Crippen LogP contribution is -2.23. The third kappa shape index (κ3) is 7.14. The highest BCUT2D eigenvalue weighted by atomic mass is 16.7. The maximum Gasteiger partial charge on any atom is 0.157 e. The topological polar surface area (TPSA) is 38.7 Å². The molecule has 0 bridgehead atoms. The molecule has 0 amide bonds. The minimum Gasteiger partial charge on any atom is -0.392 e. The SMILES string of the molecule is C/C(=C\CCC(C)CCOC1CCCCO1)CO. The number of aliphatic hydroxyl groups excluding tert-OH is 1. The molecule has 2 atom stereocenters. The van der Waals surface area contributed by atoms with Crippen molar-refractivity contribution in [2.45, 2.75) is 58.7 Å². The third-order valence-electron chi connectivity index (χ3n) is 3.45. The Balaban J connectivity index is 2.00. The first-order chi connectivity index (χ1) is 8.72. The molecule has 18 heavy (non-hydrogen) atoms. The van der Waals surface area contributed by atoms with Crippen LogP contribution in [0, 0.1) is 5.92 Å². The zero-order valence-corrected chi connectivity index (χ0v) is 11.9. The van der Waals surface area contributed by atoms with Gasteiger partial charge in [0.05, 0.1) is 6.61 Å². The summed E-state index contributed by atoms with van der Waals surface area (Å²) in [4.78, 5) is 0. The van der Waals surface area contributed by atoms with Gasteiger partial charge in [-0.2, -0.15) is 0 Å². The normalized spacial score (nSPS) is 23.1. The molecule has 1 rings (SSSR count). The standard InChI is InChI=1S/C15H28O3/c1-13(6-5-7-14(2)12-16)9-11-18-15-8-3-4-10-17-15/h7,13,15-16H,3-6,8-12H2,1-2H3/b14-7+. The summed E-state index contributed by atoms with van der Waals surface area (Å²) in [5.41, 5.74) is 1.06. The molecule has 1 aliphatic heterocycles. The van der Waals surface area contributed by atoms with Crippen LogP contribution in [0.25, 0.3) is 0 Å². The van der Waals surface area contributed by atoms with Gasteiger partial charge in [-0.1, -0.05) is 18.6 Å². The van der Waals surface area contributed by atoms with Crippen LogP contribution in [0.2, 0.25) is 0 Å². The van der Waals surface area contributed by atoms with Gasteiger partial charge in [0.15, 0.2) is 6.29 Å². The van der Waals surface area contributed by atoms with Gasteiger partial charge in [0.25, 0.3) is 0 Å². The highest BCUT2D eigenvalue weighted by Gasteiger charge is 2.14. The predicted molar refractivity (Wildman–Crippen MR) is 73.4 cm³/mol. The number of allylic oxidation sites excluding steroid dienone is 1. The highest BCUT2D eigenvalue weighted by Crippen LogP contribution is 2.16. The van der Waals surface area contributed by atoms with Gasteiger partial charge in [0, 0.05) is 13.2 Å². The first-order valence-corrected chi connectivity index (χ1v) is 7.22. The number of aliphatic hydroxyl groups is 1. The summed E-state index contributed by atoms with van der Waals surface area (Å²) in [7, 11) is 0. The third-order valence-corrected chi connectivity index (χ3v) is 3.45. The van der Waals surface area contributed by atoms with Crippen molar-refractivity contribution in [1.29, 1.82) is 0 Å². The van der Waals surface area contributed by atoms with Gasteiger partial charge in [-0.15, -0.1) is 0 Å². The first-order valence-electron chi connectivity index (χ1n) is 7.22. The smallest absolute Gasteiger partial charge is 0.157 e. The van der Waals surface area contributed by atoms with Crippen LogP contribution in [-0.2, 0) is 9.47 Å². The van der Waals surface area contributed by atoms with Crippen LogP contribution in [-0.4, -0.2) is 31.2 Å². The molecule has 1 N–H and O–H groups in total. The van der Waals surface area contributed by atoms with Crippen molar-refractivity contribution in [3.63, 3.8) is 0 Å². The van der Waals surface area contributed by atoms with Crippen LogP contribution in [0.5, 0.6) is 0 Å². The average Bonchev–Trinajstić information content (AvgIpc) is 2.39. The Morgan fingerprint density at radius 3 is 2.94 bits per heavy atom. The van der Waals surface area contributed by atoms with Gasteiger partial charge in [0.1, 0.15) is 0 Å². The molecule has 0 saturated carbocycles. The fourth-order valence-corrected chi connectivity index (χ4v) is 2.07. The maximum atomic E-state index is 8.88. The minimum atomic E-state index is 0.0440. The van der Waals surface area contributed by atoms with E-state index in [0.29, 0.717) is 5.92 Å². The van der Waals surface area contributed by atoms with E-state index in [2.05, 4.69) is 13.0 Å². The van der Waals surface area contributed by atoms with Crippen LogP contribution in [0.1, 0.15) is 52.4 Å². The van der Waals surface area contributed by atoms with Gasteiger partial charge in [0.2, 0.25) is 0 Å². The molecule has 0 aliphatic carbocycles. The van der Waals surface area contributed by atoms with Crippen molar-refractivity contribution in [2.75, 3.05) is 19.8 Å². The second kappa shape index (κ2) is 9.54. The molecule has 1 fully saturated rings. The summed E-state index contributed by atoms with van der Waals surface area (Å²) in [5.74, 6) is 0.663. The van der Waals surface area contributed by atoms with E-state index in [9.17, 15) is 0 Å². The van der Waals surface area contributed by atoms with E-state index in [4.69, 9.17) is 14.6 Å². The lowest BCUT2D eigenvalue weighted by atomic mass is 10.0. The molecular formula is C15H28O3. The quantitative estimate of drug-likeness (QED) is 0.677. The molecule has 0 spiro atoms. The van der Waals surface area contributed by atoms with Crippen molar-refractivity contribution >= 4 is 0 Å². The Morgan fingerprint density at radius 1 is 1.44 bits per heavy atom. The molecule has 1 heterocycles. The lowest BCUT2D eigenvalue weighted by Gasteiger charge is -2.23. The highest BCUT2D eigenvalue weighted by molar-refractivity contribution is 4.97. The zero-order chi connectivity index (χ0) is 13.2. The molecule has 106 valence electrons. The van der Waals surface area contributed by atoms with E-state index in [1.165, 1.54) is 12.8 Å². The zero-order valence-electron chi connectivity index (χ0n) is 11.9. The summed E-state index contributed by atoms with van der Waals surface area (Å²) in [6, 6.07) is 0. The van der Waals surface area contributed by atoms with E-state index in [0.717, 1.165) is 44.5 Å². The minimum absolute atomic E-state index is 0.0440. The molecule has 3 heteroatoms. The molecule has 0 radical (unpaired) electrons. The van der Waals surface area contributed by atoms with Crippen LogP contribution in [0.3, 0.4) is 0 Å². The van der Waals surface area contributed by atoms with Crippen LogP contribution >= 0.6 is 0 Å². The van der Waals surface area contributed by atoms with E-state index >= 15 is 0 Å². The molecule has 0 aromatic rings. The van der Waals surface area contributed by atoms with Gasteiger partial charge in [-0.3, -0.25) is 0 Å². The first kappa shape index (κ1) is 15.7. The fraction of sp³-hybridized carbons (Fsp3) is 0.867. The molecule has 0 aromatic heterocycles. The van der Waals surface area contributed by atoms with Gasteiger partial charge < -0.3 is 14.6 Å². The summed E-state index contributed by atoms with van der Waals surface area (Å²) >= 11 is 0. The van der Waals surface area contributed by atoms with Crippen LogP contribution in [0.15, 0.2) is 11.6 Å². The molecule has 3 nitrogen and oxygen atoms in total. The second-order valence-corrected chi connectivity index (χ2v) is 5.35. The van der Waals surface area contributed by atoms with E-state index < -0.39 is 0 Å². The van der Waals surface area contributed by atoms with E-state index in [1.54, 1.807) is 0 Å².